The van der Waals surface area contributed by atoms with Crippen LogP contribution < -0.4 is 20.9 Å². The molecule has 2 aromatic heterocycles. The van der Waals surface area contributed by atoms with E-state index in [-0.39, 0.29) is 10.5 Å². The molecule has 174 valence electrons. The van der Waals surface area contributed by atoms with Gasteiger partial charge in [-0.3, -0.25) is 4.79 Å². The van der Waals surface area contributed by atoms with Gasteiger partial charge in [0.05, 0.1) is 35.3 Å². The molecule has 4 heterocycles. The second-order valence-corrected chi connectivity index (χ2v) is 8.93. The number of ether oxygens (including phenoxy) is 1. The highest BCUT2D eigenvalue weighted by atomic mass is 79.9. The van der Waals surface area contributed by atoms with E-state index >= 15 is 4.39 Å². The van der Waals surface area contributed by atoms with Crippen molar-refractivity contribution in [3.8, 4) is 0 Å². The standard InChI is InChI=1S/C22H25BrFN7O2/c23-19-16(3-4-17(20(19)24)30-8-10-33-11-9-30)28-22(32)15-13-26-31-7-5-18(29-21(15)31)27-14-2-1-6-25-12-14/h3-5,7,13-14,25H,1-2,6,8-12H2,(H,27,29)(H,28,32)/t14-/m1/s1. The Bertz CT molecular complexity index is 1160. The van der Waals surface area contributed by atoms with Crippen LogP contribution in [0.1, 0.15) is 23.2 Å². The fourth-order valence-electron chi connectivity index (χ4n) is 4.17. The average molecular weight is 518 g/mol. The lowest BCUT2D eigenvalue weighted by atomic mass is 10.1. The number of anilines is 3. The Morgan fingerprint density at radius 1 is 1.27 bits per heavy atom. The first-order chi connectivity index (χ1) is 16.1. The summed E-state index contributed by atoms with van der Waals surface area (Å²) in [7, 11) is 0. The molecule has 33 heavy (non-hydrogen) atoms. The van der Waals surface area contributed by atoms with E-state index in [0.29, 0.717) is 54.7 Å². The van der Waals surface area contributed by atoms with Gasteiger partial charge in [-0.15, -0.1) is 0 Å². The number of nitrogens with one attached hydrogen (secondary N) is 3. The first kappa shape index (κ1) is 22.1. The van der Waals surface area contributed by atoms with Crippen LogP contribution in [0.5, 0.6) is 0 Å². The average Bonchev–Trinajstić information content (AvgIpc) is 3.27. The van der Waals surface area contributed by atoms with Gasteiger partial charge in [0.1, 0.15) is 11.4 Å². The van der Waals surface area contributed by atoms with Crippen molar-refractivity contribution in [2.24, 2.45) is 0 Å². The summed E-state index contributed by atoms with van der Waals surface area (Å²) in [4.78, 5) is 19.6. The Morgan fingerprint density at radius 2 is 2.12 bits per heavy atom. The molecule has 2 fully saturated rings. The van der Waals surface area contributed by atoms with Gasteiger partial charge < -0.3 is 25.6 Å². The van der Waals surface area contributed by atoms with Crippen molar-refractivity contribution in [3.63, 3.8) is 0 Å². The molecule has 2 aliphatic heterocycles. The zero-order valence-corrected chi connectivity index (χ0v) is 19.6. The van der Waals surface area contributed by atoms with Gasteiger partial charge in [-0.1, -0.05) is 0 Å². The zero-order valence-electron chi connectivity index (χ0n) is 18.0. The van der Waals surface area contributed by atoms with Crippen LogP contribution in [0.2, 0.25) is 0 Å². The number of carbonyl (C=O) groups is 1. The molecule has 0 unspecified atom stereocenters. The molecule has 9 nitrogen and oxygen atoms in total. The van der Waals surface area contributed by atoms with Crippen molar-refractivity contribution in [1.82, 2.24) is 19.9 Å². The molecule has 0 radical (unpaired) electrons. The number of halogens is 2. The second-order valence-electron chi connectivity index (χ2n) is 8.14. The van der Waals surface area contributed by atoms with Crippen LogP contribution in [0.3, 0.4) is 0 Å². The predicted molar refractivity (Wildman–Crippen MR) is 128 cm³/mol. The van der Waals surface area contributed by atoms with E-state index in [1.807, 2.05) is 11.0 Å². The first-order valence-corrected chi connectivity index (χ1v) is 11.8. The van der Waals surface area contributed by atoms with Crippen molar-refractivity contribution >= 4 is 44.7 Å². The predicted octanol–water partition coefficient (Wildman–Crippen LogP) is 2.88. The third-order valence-electron chi connectivity index (χ3n) is 5.92. The van der Waals surface area contributed by atoms with Crippen molar-refractivity contribution in [2.45, 2.75) is 18.9 Å². The Balaban J connectivity index is 1.35. The summed E-state index contributed by atoms with van der Waals surface area (Å²) in [6.07, 6.45) is 5.41. The Morgan fingerprint density at radius 3 is 2.91 bits per heavy atom. The van der Waals surface area contributed by atoms with Gasteiger partial charge in [0.15, 0.2) is 11.5 Å². The number of morpholine rings is 1. The minimum absolute atomic E-state index is 0.205. The van der Waals surface area contributed by atoms with Gasteiger partial charge in [0.2, 0.25) is 0 Å². The molecule has 1 atom stereocenters. The van der Waals surface area contributed by atoms with Crippen molar-refractivity contribution in [3.05, 3.63) is 46.4 Å². The van der Waals surface area contributed by atoms with E-state index in [1.165, 1.54) is 6.20 Å². The highest BCUT2D eigenvalue weighted by Gasteiger charge is 2.22. The number of nitrogens with zero attached hydrogens (tertiary/aromatic N) is 4. The van der Waals surface area contributed by atoms with E-state index in [4.69, 9.17) is 4.74 Å². The normalized spacial score (nSPS) is 19.0. The maximum Gasteiger partial charge on any atom is 0.261 e. The van der Waals surface area contributed by atoms with Crippen molar-refractivity contribution < 1.29 is 13.9 Å². The van der Waals surface area contributed by atoms with Gasteiger partial charge in [-0.2, -0.15) is 5.10 Å². The molecule has 0 spiro atoms. The number of fused-ring (bicyclic) bond motifs is 1. The summed E-state index contributed by atoms with van der Waals surface area (Å²) in [5.41, 5.74) is 1.57. The monoisotopic (exact) mass is 517 g/mol. The summed E-state index contributed by atoms with van der Waals surface area (Å²) in [6.45, 7) is 4.27. The maximum atomic E-state index is 15.0. The van der Waals surface area contributed by atoms with Gasteiger partial charge in [0, 0.05) is 31.9 Å². The molecule has 0 aliphatic carbocycles. The fraction of sp³-hybridized carbons (Fsp3) is 0.409. The largest absolute Gasteiger partial charge is 0.378 e. The van der Waals surface area contributed by atoms with Crippen molar-refractivity contribution in [2.75, 3.05) is 54.9 Å². The van der Waals surface area contributed by atoms with E-state index in [0.717, 1.165) is 25.9 Å². The lowest BCUT2D eigenvalue weighted by Gasteiger charge is -2.29. The molecule has 3 N–H and O–H groups in total. The molecule has 0 saturated carbocycles. The summed E-state index contributed by atoms with van der Waals surface area (Å²) >= 11 is 3.31. The summed E-state index contributed by atoms with van der Waals surface area (Å²) in [5.74, 6) is -0.138. The molecule has 2 saturated heterocycles. The van der Waals surface area contributed by atoms with Crippen LogP contribution in [-0.2, 0) is 4.74 Å². The summed E-state index contributed by atoms with van der Waals surface area (Å²) < 4.78 is 22.1. The van der Waals surface area contributed by atoms with E-state index in [1.54, 1.807) is 22.8 Å². The second kappa shape index (κ2) is 9.62. The van der Waals surface area contributed by atoms with E-state index in [9.17, 15) is 4.79 Å². The van der Waals surface area contributed by atoms with Gasteiger partial charge in [-0.25, -0.2) is 13.9 Å². The molecule has 0 bridgehead atoms. The van der Waals surface area contributed by atoms with Crippen LogP contribution in [0.15, 0.2) is 35.1 Å². The lowest BCUT2D eigenvalue weighted by Crippen LogP contribution is -2.38. The summed E-state index contributed by atoms with van der Waals surface area (Å²) in [6, 6.07) is 5.50. The molecule has 1 aromatic carbocycles. The number of benzene rings is 1. The number of hydrogen-bond donors (Lipinski definition) is 3. The molecule has 3 aromatic rings. The molecule has 11 heteroatoms. The number of carbonyl (C=O) groups excluding carboxylic acids is 1. The minimum atomic E-state index is -0.416. The molecule has 2 aliphatic rings. The fourth-order valence-corrected chi connectivity index (χ4v) is 4.60. The highest BCUT2D eigenvalue weighted by molar-refractivity contribution is 9.10. The summed E-state index contributed by atoms with van der Waals surface area (Å²) in [5, 5.41) is 13.8. The van der Waals surface area contributed by atoms with E-state index in [2.05, 4.69) is 42.0 Å². The maximum absolute atomic E-state index is 15.0. The van der Waals surface area contributed by atoms with Crippen LogP contribution in [0, 0.1) is 5.82 Å². The van der Waals surface area contributed by atoms with Gasteiger partial charge in [-0.05, 0) is 53.5 Å². The number of aromatic nitrogens is 3. The molecule has 1 amide bonds. The number of piperidine rings is 1. The van der Waals surface area contributed by atoms with Crippen molar-refractivity contribution in [1.29, 1.82) is 0 Å². The molecular formula is C22H25BrFN7O2. The van der Waals surface area contributed by atoms with Crippen LogP contribution in [-0.4, -0.2) is 65.9 Å². The van der Waals surface area contributed by atoms with Crippen LogP contribution >= 0.6 is 15.9 Å². The molecular weight excluding hydrogens is 493 g/mol. The van der Waals surface area contributed by atoms with Crippen LogP contribution in [0.25, 0.3) is 5.65 Å². The third kappa shape index (κ3) is 4.66. The zero-order chi connectivity index (χ0) is 22.8. The number of amides is 1. The third-order valence-corrected chi connectivity index (χ3v) is 6.70. The molecule has 5 rings (SSSR count). The number of rotatable bonds is 5. The van der Waals surface area contributed by atoms with E-state index < -0.39 is 11.7 Å². The Kier molecular flexibility index (Phi) is 6.43. The SMILES string of the molecule is O=C(Nc1ccc(N2CCOCC2)c(F)c1Br)c1cnn2ccc(N[C@@H]3CCCNC3)nc12. The van der Waals surface area contributed by atoms with Crippen LogP contribution in [0.4, 0.5) is 21.6 Å². The Hall–Kier alpha value is -2.76. The smallest absolute Gasteiger partial charge is 0.261 e. The minimum Gasteiger partial charge on any atom is -0.378 e. The Labute approximate surface area is 198 Å². The quantitative estimate of drug-likeness (QED) is 0.478. The lowest BCUT2D eigenvalue weighted by molar-refractivity contribution is 0.102. The number of hydrogen-bond acceptors (Lipinski definition) is 7. The first-order valence-electron chi connectivity index (χ1n) is 11.0. The topological polar surface area (TPSA) is 95.8 Å². The van der Waals surface area contributed by atoms with Gasteiger partial charge in [0.25, 0.3) is 5.91 Å². The van der Waals surface area contributed by atoms with Gasteiger partial charge >= 0.3 is 0 Å². The highest BCUT2D eigenvalue weighted by Crippen LogP contribution is 2.33.